The van der Waals surface area contributed by atoms with Gasteiger partial charge in [-0.1, -0.05) is 18.2 Å². The van der Waals surface area contributed by atoms with Gasteiger partial charge in [-0.15, -0.1) is 23.5 Å². The molecule has 7 heteroatoms. The van der Waals surface area contributed by atoms with Gasteiger partial charge >= 0.3 is 0 Å². The second kappa shape index (κ2) is 9.34. The molecule has 2 aromatic rings. The summed E-state index contributed by atoms with van der Waals surface area (Å²) in [6.45, 7) is 2.43. The summed E-state index contributed by atoms with van der Waals surface area (Å²) in [5, 5.41) is 13.3. The van der Waals surface area contributed by atoms with E-state index >= 15 is 0 Å². The Bertz CT molecular complexity index is 678. The number of amides is 1. The van der Waals surface area contributed by atoms with E-state index in [2.05, 4.69) is 5.32 Å². The zero-order valence-electron chi connectivity index (χ0n) is 13.2. The number of carbonyl (C=O) groups excluding carboxylic acids is 1. The van der Waals surface area contributed by atoms with Crippen molar-refractivity contribution in [2.75, 3.05) is 12.3 Å². The molecule has 0 saturated carbocycles. The van der Waals surface area contributed by atoms with Crippen molar-refractivity contribution < 1.29 is 9.72 Å². The summed E-state index contributed by atoms with van der Waals surface area (Å²) in [5.74, 6) is 0.775. The molecule has 0 aliphatic rings. The Morgan fingerprint density at radius 3 is 2.42 bits per heavy atom. The van der Waals surface area contributed by atoms with Gasteiger partial charge in [0.1, 0.15) is 0 Å². The van der Waals surface area contributed by atoms with Crippen LogP contribution < -0.4 is 5.32 Å². The number of nitro groups is 1. The molecule has 24 heavy (non-hydrogen) atoms. The van der Waals surface area contributed by atoms with E-state index in [1.807, 2.05) is 37.3 Å². The number of nitrogens with zero attached hydrogens (tertiary/aromatic N) is 1. The summed E-state index contributed by atoms with van der Waals surface area (Å²) in [6.07, 6.45) is 0. The van der Waals surface area contributed by atoms with E-state index in [0.717, 1.165) is 10.6 Å². The van der Waals surface area contributed by atoms with Gasteiger partial charge in [-0.25, -0.2) is 0 Å². The van der Waals surface area contributed by atoms with Gasteiger partial charge in [0.2, 0.25) is 5.91 Å². The lowest BCUT2D eigenvalue weighted by molar-refractivity contribution is -0.384. The van der Waals surface area contributed by atoms with Crippen LogP contribution in [0.25, 0.3) is 0 Å². The van der Waals surface area contributed by atoms with E-state index in [0.29, 0.717) is 6.54 Å². The van der Waals surface area contributed by atoms with Crippen LogP contribution in [0.2, 0.25) is 0 Å². The number of hydrogen-bond donors (Lipinski definition) is 1. The van der Waals surface area contributed by atoms with Gasteiger partial charge in [0, 0.05) is 34.2 Å². The number of benzene rings is 2. The Kier molecular flexibility index (Phi) is 7.14. The van der Waals surface area contributed by atoms with E-state index in [4.69, 9.17) is 0 Å². The molecule has 0 fully saturated rings. The van der Waals surface area contributed by atoms with Crippen molar-refractivity contribution in [3.05, 3.63) is 64.7 Å². The van der Waals surface area contributed by atoms with Crippen molar-refractivity contribution in [3.8, 4) is 0 Å². The molecule has 0 bridgehead atoms. The second-order valence-electron chi connectivity index (χ2n) is 4.96. The predicted octanol–water partition coefficient (Wildman–Crippen LogP) is 3.98. The quantitative estimate of drug-likeness (QED) is 0.333. The largest absolute Gasteiger partial charge is 0.354 e. The maximum absolute atomic E-state index is 12.1. The van der Waals surface area contributed by atoms with E-state index in [1.165, 1.54) is 28.8 Å². The van der Waals surface area contributed by atoms with Gasteiger partial charge < -0.3 is 5.32 Å². The SMILES string of the molecule is C[C@@H](Sc1ccc([N+](=O)[O-])cc1)C(=O)NCCSc1ccccc1. The fraction of sp³-hybridized carbons (Fsp3) is 0.235. The molecule has 0 aromatic heterocycles. The fourth-order valence-corrected chi connectivity index (χ4v) is 3.59. The number of thioether (sulfide) groups is 2. The van der Waals surface area contributed by atoms with Gasteiger partial charge in [0.15, 0.2) is 0 Å². The monoisotopic (exact) mass is 362 g/mol. The first kappa shape index (κ1) is 18.4. The topological polar surface area (TPSA) is 72.2 Å². The Hall–Kier alpha value is -1.99. The molecule has 126 valence electrons. The minimum atomic E-state index is -0.436. The molecule has 0 aliphatic heterocycles. The third-order valence-electron chi connectivity index (χ3n) is 3.14. The average Bonchev–Trinajstić information content (AvgIpc) is 2.60. The minimum Gasteiger partial charge on any atom is -0.354 e. The molecule has 1 amide bonds. The van der Waals surface area contributed by atoms with Crippen LogP contribution in [0.4, 0.5) is 5.69 Å². The van der Waals surface area contributed by atoms with Gasteiger partial charge in [-0.2, -0.15) is 0 Å². The number of carbonyl (C=O) groups is 1. The first-order valence-corrected chi connectivity index (χ1v) is 9.29. The first-order chi connectivity index (χ1) is 11.6. The number of nitro benzene ring substituents is 1. The van der Waals surface area contributed by atoms with E-state index in [9.17, 15) is 14.9 Å². The van der Waals surface area contributed by atoms with Crippen molar-refractivity contribution >= 4 is 35.1 Å². The molecule has 0 saturated heterocycles. The van der Waals surface area contributed by atoms with Crippen LogP contribution in [0.3, 0.4) is 0 Å². The number of nitrogens with one attached hydrogen (secondary N) is 1. The zero-order chi connectivity index (χ0) is 17.4. The fourth-order valence-electron chi connectivity index (χ4n) is 1.91. The van der Waals surface area contributed by atoms with Crippen LogP contribution in [0, 0.1) is 10.1 Å². The van der Waals surface area contributed by atoms with Crippen LogP contribution in [0.5, 0.6) is 0 Å². The zero-order valence-corrected chi connectivity index (χ0v) is 14.8. The molecule has 0 unspecified atom stereocenters. The van der Waals surface area contributed by atoms with E-state index < -0.39 is 4.92 Å². The van der Waals surface area contributed by atoms with E-state index in [-0.39, 0.29) is 16.8 Å². The molecule has 0 heterocycles. The highest BCUT2D eigenvalue weighted by atomic mass is 32.2. The lowest BCUT2D eigenvalue weighted by Gasteiger charge is -2.11. The van der Waals surface area contributed by atoms with Crippen molar-refractivity contribution in [1.82, 2.24) is 5.32 Å². The summed E-state index contributed by atoms with van der Waals surface area (Å²) in [6, 6.07) is 16.3. The lowest BCUT2D eigenvalue weighted by Crippen LogP contribution is -2.32. The lowest BCUT2D eigenvalue weighted by atomic mass is 10.3. The van der Waals surface area contributed by atoms with Crippen molar-refractivity contribution in [2.45, 2.75) is 22.0 Å². The van der Waals surface area contributed by atoms with Gasteiger partial charge in [-0.05, 0) is 31.2 Å². The molecular formula is C17H18N2O3S2. The highest BCUT2D eigenvalue weighted by Gasteiger charge is 2.14. The molecule has 1 N–H and O–H groups in total. The Morgan fingerprint density at radius 1 is 1.12 bits per heavy atom. The Labute approximate surface area is 149 Å². The van der Waals surface area contributed by atoms with Crippen molar-refractivity contribution in [3.63, 3.8) is 0 Å². The maximum atomic E-state index is 12.1. The molecule has 2 aromatic carbocycles. The number of rotatable bonds is 8. The van der Waals surface area contributed by atoms with Crippen molar-refractivity contribution in [1.29, 1.82) is 0 Å². The highest BCUT2D eigenvalue weighted by molar-refractivity contribution is 8.00. The standard InChI is InChI=1S/C17H18N2O3S2/c1-13(24-16-9-7-14(8-10-16)19(21)22)17(20)18-11-12-23-15-5-3-2-4-6-15/h2-10,13H,11-12H2,1H3,(H,18,20)/t13-/m1/s1. The highest BCUT2D eigenvalue weighted by Crippen LogP contribution is 2.25. The van der Waals surface area contributed by atoms with Crippen LogP contribution >= 0.6 is 23.5 Å². The first-order valence-electron chi connectivity index (χ1n) is 7.43. The molecule has 0 aliphatic carbocycles. The average molecular weight is 362 g/mol. The molecule has 2 rings (SSSR count). The van der Waals surface area contributed by atoms with Crippen LogP contribution in [-0.4, -0.2) is 28.4 Å². The van der Waals surface area contributed by atoms with Gasteiger partial charge in [0.25, 0.3) is 5.69 Å². The van der Waals surface area contributed by atoms with Crippen LogP contribution in [0.1, 0.15) is 6.92 Å². The Balaban J connectivity index is 1.72. The molecule has 5 nitrogen and oxygen atoms in total. The normalized spacial score (nSPS) is 11.7. The molecule has 0 spiro atoms. The third-order valence-corrected chi connectivity index (χ3v) is 5.27. The summed E-state index contributed by atoms with van der Waals surface area (Å²) < 4.78 is 0. The smallest absolute Gasteiger partial charge is 0.269 e. The van der Waals surface area contributed by atoms with Gasteiger partial charge in [-0.3, -0.25) is 14.9 Å². The summed E-state index contributed by atoms with van der Waals surface area (Å²) in [4.78, 5) is 24.3. The van der Waals surface area contributed by atoms with Crippen molar-refractivity contribution in [2.24, 2.45) is 0 Å². The Morgan fingerprint density at radius 2 is 1.79 bits per heavy atom. The summed E-state index contributed by atoms with van der Waals surface area (Å²) >= 11 is 3.08. The maximum Gasteiger partial charge on any atom is 0.269 e. The molecule has 0 radical (unpaired) electrons. The summed E-state index contributed by atoms with van der Waals surface area (Å²) in [5.41, 5.74) is 0.0504. The van der Waals surface area contributed by atoms with Gasteiger partial charge in [0.05, 0.1) is 10.2 Å². The van der Waals surface area contributed by atoms with E-state index in [1.54, 1.807) is 23.9 Å². The third kappa shape index (κ3) is 5.90. The van der Waals surface area contributed by atoms with Crippen LogP contribution in [-0.2, 0) is 4.79 Å². The molecular weight excluding hydrogens is 344 g/mol. The number of hydrogen-bond acceptors (Lipinski definition) is 5. The predicted molar refractivity (Wildman–Crippen MR) is 98.6 cm³/mol. The molecule has 1 atom stereocenters. The second-order valence-corrected chi connectivity index (χ2v) is 7.55. The number of non-ortho nitro benzene ring substituents is 1. The van der Waals surface area contributed by atoms with Crippen LogP contribution in [0.15, 0.2) is 64.4 Å². The summed E-state index contributed by atoms with van der Waals surface area (Å²) in [7, 11) is 0. The minimum absolute atomic E-state index is 0.0352.